The van der Waals surface area contributed by atoms with Gasteiger partial charge in [0.25, 0.3) is 0 Å². The van der Waals surface area contributed by atoms with E-state index in [1.165, 1.54) is 12.0 Å². The molecule has 2 aromatic rings. The molecule has 1 aliphatic heterocycles. The van der Waals surface area contributed by atoms with Crippen LogP contribution in [0.5, 0.6) is 0 Å². The first-order chi connectivity index (χ1) is 16.4. The molecule has 1 heterocycles. The average Bonchev–Trinajstić information content (AvgIpc) is 3.38. The van der Waals surface area contributed by atoms with Gasteiger partial charge in [-0.25, -0.2) is 9.59 Å². The van der Waals surface area contributed by atoms with Gasteiger partial charge in [0.15, 0.2) is 5.54 Å². The zero-order chi connectivity index (χ0) is 24.3. The zero-order valence-electron chi connectivity index (χ0n) is 19.5. The number of likely N-dealkylation sites (tertiary alicyclic amines) is 1. The van der Waals surface area contributed by atoms with E-state index in [1.807, 2.05) is 36.4 Å². The number of carboxylic acid groups (broad SMARTS) is 1. The van der Waals surface area contributed by atoms with Gasteiger partial charge < -0.3 is 24.8 Å². The molecule has 4 rings (SSSR count). The molecule has 1 unspecified atom stereocenters. The number of benzene rings is 2. The Balaban J connectivity index is 1.34. The van der Waals surface area contributed by atoms with E-state index in [0.29, 0.717) is 19.4 Å². The quantitative estimate of drug-likeness (QED) is 0.618. The van der Waals surface area contributed by atoms with E-state index >= 15 is 0 Å². The maximum absolute atomic E-state index is 12.9. The van der Waals surface area contributed by atoms with Gasteiger partial charge in [0, 0.05) is 32.0 Å². The minimum absolute atomic E-state index is 0.0249. The number of nitrogens with zero attached hydrogens (tertiary/aromatic N) is 1. The molecule has 2 amide bonds. The third kappa shape index (κ3) is 4.37. The molecule has 8 nitrogen and oxygen atoms in total. The van der Waals surface area contributed by atoms with E-state index in [0.717, 1.165) is 22.3 Å². The van der Waals surface area contributed by atoms with Gasteiger partial charge in [-0.15, -0.1) is 0 Å². The smallest absolute Gasteiger partial charge is 0.407 e. The van der Waals surface area contributed by atoms with E-state index in [1.54, 1.807) is 6.92 Å². The Morgan fingerprint density at radius 2 is 1.74 bits per heavy atom. The molecule has 34 heavy (non-hydrogen) atoms. The number of fused-ring (bicyclic) bond motifs is 3. The monoisotopic (exact) mass is 466 g/mol. The van der Waals surface area contributed by atoms with Crippen LogP contribution in [0.2, 0.25) is 0 Å². The second kappa shape index (κ2) is 9.85. The molecule has 0 bridgehead atoms. The van der Waals surface area contributed by atoms with Crippen molar-refractivity contribution in [1.29, 1.82) is 0 Å². The molecule has 0 aromatic heterocycles. The van der Waals surface area contributed by atoms with Gasteiger partial charge in [-0.05, 0) is 42.0 Å². The van der Waals surface area contributed by atoms with Crippen molar-refractivity contribution in [1.82, 2.24) is 10.2 Å². The molecule has 1 fully saturated rings. The van der Waals surface area contributed by atoms with Crippen molar-refractivity contribution < 1.29 is 29.0 Å². The second-order valence-corrected chi connectivity index (χ2v) is 8.99. The first-order valence-electron chi connectivity index (χ1n) is 11.5. The first kappa shape index (κ1) is 23.8. The fraction of sp³-hybridized carbons (Fsp3) is 0.423. The van der Waals surface area contributed by atoms with Gasteiger partial charge in [-0.3, -0.25) is 4.79 Å². The van der Waals surface area contributed by atoms with Gasteiger partial charge in [0.05, 0.1) is 6.61 Å². The van der Waals surface area contributed by atoms with Crippen molar-refractivity contribution in [3.05, 3.63) is 59.7 Å². The van der Waals surface area contributed by atoms with Crippen molar-refractivity contribution in [2.24, 2.45) is 0 Å². The van der Waals surface area contributed by atoms with Crippen LogP contribution < -0.4 is 5.32 Å². The van der Waals surface area contributed by atoms with Crippen LogP contribution in [0.4, 0.5) is 4.79 Å². The Labute approximate surface area is 198 Å². The summed E-state index contributed by atoms with van der Waals surface area (Å²) in [6.07, 6.45) is 0.305. The molecular formula is C26H30N2O6. The highest BCUT2D eigenvalue weighted by Gasteiger charge is 2.50. The summed E-state index contributed by atoms with van der Waals surface area (Å²) in [6.45, 7) is 2.17. The highest BCUT2D eigenvalue weighted by Crippen LogP contribution is 2.44. The third-order valence-corrected chi connectivity index (χ3v) is 6.76. The predicted molar refractivity (Wildman–Crippen MR) is 125 cm³/mol. The molecule has 2 atom stereocenters. The van der Waals surface area contributed by atoms with Crippen LogP contribution in [-0.4, -0.2) is 66.4 Å². The van der Waals surface area contributed by atoms with E-state index in [4.69, 9.17) is 9.47 Å². The summed E-state index contributed by atoms with van der Waals surface area (Å²) in [5.41, 5.74) is 3.19. The fourth-order valence-corrected chi connectivity index (χ4v) is 5.18. The lowest BCUT2D eigenvalue weighted by atomic mass is 9.97. The second-order valence-electron chi connectivity index (χ2n) is 8.99. The number of amides is 2. The van der Waals surface area contributed by atoms with Crippen LogP contribution in [0.1, 0.15) is 43.2 Å². The molecule has 2 aliphatic rings. The number of nitrogens with one attached hydrogen (secondary N) is 1. The van der Waals surface area contributed by atoms with Crippen LogP contribution >= 0.6 is 0 Å². The summed E-state index contributed by atoms with van der Waals surface area (Å²) in [5.74, 6) is -1.45. The molecular weight excluding hydrogens is 436 g/mol. The highest BCUT2D eigenvalue weighted by atomic mass is 16.5. The normalized spacial score (nSPS) is 19.9. The number of hydrogen-bond donors (Lipinski definition) is 2. The number of carbonyl (C=O) groups excluding carboxylic acids is 2. The Morgan fingerprint density at radius 1 is 1.12 bits per heavy atom. The van der Waals surface area contributed by atoms with E-state index < -0.39 is 23.6 Å². The SMILES string of the molecule is COCC1(C(=O)O)CCCN1C(=O)C[C@H](C)NC(=O)OCC1c2ccccc2-c2ccccc21. The number of methoxy groups -OCH3 is 1. The van der Waals surface area contributed by atoms with E-state index in [-0.39, 0.29) is 31.5 Å². The molecule has 0 radical (unpaired) electrons. The molecule has 2 aromatic carbocycles. The zero-order valence-corrected chi connectivity index (χ0v) is 19.5. The summed E-state index contributed by atoms with van der Waals surface area (Å²) >= 11 is 0. The van der Waals surface area contributed by atoms with Crippen LogP contribution in [0.15, 0.2) is 48.5 Å². The molecule has 8 heteroatoms. The van der Waals surface area contributed by atoms with E-state index in [2.05, 4.69) is 17.4 Å². The average molecular weight is 467 g/mol. The topological polar surface area (TPSA) is 105 Å². The number of carboxylic acids is 1. The van der Waals surface area contributed by atoms with Crippen molar-refractivity contribution in [2.75, 3.05) is 26.9 Å². The summed E-state index contributed by atoms with van der Waals surface area (Å²) in [4.78, 5) is 38.7. The highest BCUT2D eigenvalue weighted by molar-refractivity contribution is 5.88. The van der Waals surface area contributed by atoms with Gasteiger partial charge in [-0.2, -0.15) is 0 Å². The minimum atomic E-state index is -1.35. The van der Waals surface area contributed by atoms with Crippen molar-refractivity contribution in [3.63, 3.8) is 0 Å². The first-order valence-corrected chi connectivity index (χ1v) is 11.5. The van der Waals surface area contributed by atoms with Crippen LogP contribution in [0, 0.1) is 0 Å². The van der Waals surface area contributed by atoms with Gasteiger partial charge in [-0.1, -0.05) is 48.5 Å². The standard InChI is InChI=1S/C26H30N2O6/c1-17(14-23(29)28-13-7-12-26(28,16-33-2)24(30)31)27-25(32)34-15-22-20-10-5-3-8-18(20)19-9-4-6-11-21(19)22/h3-6,8-11,17,22H,7,12-16H2,1-2H3,(H,27,32)(H,30,31)/t17-,26?/m0/s1. The van der Waals surface area contributed by atoms with Crippen molar-refractivity contribution in [3.8, 4) is 11.1 Å². The van der Waals surface area contributed by atoms with Crippen molar-refractivity contribution in [2.45, 2.75) is 43.7 Å². The number of carbonyl (C=O) groups is 3. The van der Waals surface area contributed by atoms with Crippen LogP contribution in [0.25, 0.3) is 11.1 Å². The van der Waals surface area contributed by atoms with Crippen LogP contribution in [-0.2, 0) is 19.1 Å². The lowest BCUT2D eigenvalue weighted by Crippen LogP contribution is -2.56. The Hall–Kier alpha value is -3.39. The van der Waals surface area contributed by atoms with Crippen molar-refractivity contribution >= 4 is 18.0 Å². The lowest BCUT2D eigenvalue weighted by Gasteiger charge is -2.34. The molecule has 0 saturated carbocycles. The fourth-order valence-electron chi connectivity index (χ4n) is 5.18. The number of alkyl carbamates (subject to hydrolysis) is 1. The Bertz CT molecular complexity index is 1040. The Kier molecular flexibility index (Phi) is 6.88. The summed E-state index contributed by atoms with van der Waals surface area (Å²) < 4.78 is 10.7. The largest absolute Gasteiger partial charge is 0.479 e. The molecule has 0 spiro atoms. The Morgan fingerprint density at radius 3 is 2.32 bits per heavy atom. The van der Waals surface area contributed by atoms with Gasteiger partial charge >= 0.3 is 12.1 Å². The van der Waals surface area contributed by atoms with Crippen LogP contribution in [0.3, 0.4) is 0 Å². The number of aliphatic carboxylic acids is 1. The lowest BCUT2D eigenvalue weighted by molar-refractivity contribution is -0.160. The molecule has 180 valence electrons. The molecule has 2 N–H and O–H groups in total. The molecule has 1 aliphatic carbocycles. The van der Waals surface area contributed by atoms with E-state index in [9.17, 15) is 19.5 Å². The molecule has 1 saturated heterocycles. The number of hydrogen-bond acceptors (Lipinski definition) is 5. The maximum atomic E-state index is 12.9. The maximum Gasteiger partial charge on any atom is 0.407 e. The predicted octanol–water partition coefficient (Wildman–Crippen LogP) is 3.40. The summed E-state index contributed by atoms with van der Waals surface area (Å²) in [7, 11) is 1.42. The third-order valence-electron chi connectivity index (χ3n) is 6.76. The number of ether oxygens (including phenoxy) is 2. The number of rotatable bonds is 8. The minimum Gasteiger partial charge on any atom is -0.479 e. The van der Waals surface area contributed by atoms with Gasteiger partial charge in [0.2, 0.25) is 5.91 Å². The van der Waals surface area contributed by atoms with Gasteiger partial charge in [0.1, 0.15) is 6.61 Å². The summed E-state index contributed by atoms with van der Waals surface area (Å²) in [6, 6.07) is 15.7. The summed E-state index contributed by atoms with van der Waals surface area (Å²) in [5, 5.41) is 12.5.